The van der Waals surface area contributed by atoms with Crippen molar-refractivity contribution >= 4 is 35.1 Å². The first kappa shape index (κ1) is 25.8. The van der Waals surface area contributed by atoms with Crippen LogP contribution in [0.2, 0.25) is 0 Å². The minimum absolute atomic E-state index is 0.0346. The Morgan fingerprint density at radius 3 is 2.17 bits per heavy atom. The minimum atomic E-state index is -1.42. The van der Waals surface area contributed by atoms with Crippen LogP contribution in [0.1, 0.15) is 106 Å². The molecule has 2 heterocycles. The first-order chi connectivity index (χ1) is 16.4. The van der Waals surface area contributed by atoms with E-state index < -0.39 is 4.33 Å². The van der Waals surface area contributed by atoms with Crippen LogP contribution in [0.5, 0.6) is 0 Å². The van der Waals surface area contributed by atoms with Gasteiger partial charge in [-0.1, -0.05) is 57.8 Å². The van der Waals surface area contributed by atoms with Crippen molar-refractivity contribution in [2.75, 3.05) is 0 Å². The maximum Gasteiger partial charge on any atom is 0.312 e. The maximum atomic E-state index is 13.4. The molecule has 0 aromatic heterocycles. The van der Waals surface area contributed by atoms with Gasteiger partial charge in [-0.25, -0.2) is 0 Å². The zero-order valence-electron chi connectivity index (χ0n) is 23.2. The summed E-state index contributed by atoms with van der Waals surface area (Å²) >= 11 is 13.6. The number of carbonyl (C=O) groups is 2. The zero-order valence-corrected chi connectivity index (χ0v) is 24.7. The van der Waals surface area contributed by atoms with Crippen LogP contribution in [-0.4, -0.2) is 27.9 Å². The molecule has 2 saturated heterocycles. The molecule has 4 saturated carbocycles. The van der Waals surface area contributed by atoms with Crippen molar-refractivity contribution in [2.45, 2.75) is 122 Å². The fourth-order valence-electron chi connectivity index (χ4n) is 11.7. The minimum Gasteiger partial charge on any atom is -0.461 e. The standard InChI is InChI=1S/C30H45Cl2NO3/c1-24(2)12-14-29-15-13-27(6)17(20(29)21(24)36-23(29)35)8-9-19-26(5)16-30(31,32)22(34)33-25(3,4)18(26)10-11-28(19,27)7/h17-21H,8-16H2,1-7H3,(H,33,34)/t17-,18+,19-,20+,21-,26+,27-,28-,29+/m1/s1. The summed E-state index contributed by atoms with van der Waals surface area (Å²) in [5.74, 6) is 1.40. The average Bonchev–Trinajstić information content (AvgIpc) is 2.97. The quantitative estimate of drug-likeness (QED) is 0.266. The van der Waals surface area contributed by atoms with E-state index in [-0.39, 0.29) is 50.6 Å². The number of halogens is 2. The largest absolute Gasteiger partial charge is 0.461 e. The van der Waals surface area contributed by atoms with Gasteiger partial charge in [0, 0.05) is 16.9 Å². The van der Waals surface area contributed by atoms with Crippen LogP contribution in [-0.2, 0) is 14.3 Å². The first-order valence-corrected chi connectivity index (χ1v) is 15.1. The van der Waals surface area contributed by atoms with E-state index in [2.05, 4.69) is 53.8 Å². The summed E-state index contributed by atoms with van der Waals surface area (Å²) in [5.41, 5.74) is -0.531. The van der Waals surface area contributed by atoms with Crippen molar-refractivity contribution in [1.82, 2.24) is 5.32 Å². The topological polar surface area (TPSA) is 55.4 Å². The van der Waals surface area contributed by atoms with E-state index in [1.165, 1.54) is 0 Å². The number of hydrogen-bond acceptors (Lipinski definition) is 3. The highest BCUT2D eigenvalue weighted by atomic mass is 35.5. The van der Waals surface area contributed by atoms with E-state index in [9.17, 15) is 9.59 Å². The average molecular weight is 539 g/mol. The summed E-state index contributed by atoms with van der Waals surface area (Å²) in [5, 5.41) is 3.22. The Kier molecular flexibility index (Phi) is 5.14. The molecule has 36 heavy (non-hydrogen) atoms. The summed E-state index contributed by atoms with van der Waals surface area (Å²) in [7, 11) is 0. The SMILES string of the molecule is CC1(C)CC[C@]23CC[C@]4(C)[C@H](CC[C@@H]5[C@@]6(C)CC(Cl)(Cl)C(=O)NC(C)(C)[C@@H]6CC[C@]54C)[C@H]2[C@H]1OC3=O. The van der Waals surface area contributed by atoms with E-state index in [1.54, 1.807) is 0 Å². The molecular weight excluding hydrogens is 493 g/mol. The predicted octanol–water partition coefficient (Wildman–Crippen LogP) is 7.06. The molecule has 0 radical (unpaired) electrons. The molecule has 6 aliphatic rings. The first-order valence-electron chi connectivity index (χ1n) is 14.4. The number of amides is 1. The maximum absolute atomic E-state index is 13.4. The molecule has 9 atom stereocenters. The van der Waals surface area contributed by atoms with Crippen molar-refractivity contribution in [2.24, 2.45) is 50.7 Å². The van der Waals surface area contributed by atoms with Gasteiger partial charge in [0.05, 0.1) is 5.41 Å². The van der Waals surface area contributed by atoms with Gasteiger partial charge < -0.3 is 10.1 Å². The van der Waals surface area contributed by atoms with Gasteiger partial charge in [0.25, 0.3) is 5.91 Å². The number of ether oxygens (including phenoxy) is 1. The second kappa shape index (κ2) is 7.18. The van der Waals surface area contributed by atoms with Crippen molar-refractivity contribution in [3.8, 4) is 0 Å². The Morgan fingerprint density at radius 1 is 0.806 bits per heavy atom. The lowest BCUT2D eigenvalue weighted by atomic mass is 9.32. The molecule has 6 fully saturated rings. The van der Waals surface area contributed by atoms with Gasteiger partial charge in [-0.3, -0.25) is 9.59 Å². The van der Waals surface area contributed by atoms with Gasteiger partial charge >= 0.3 is 5.97 Å². The Hall–Kier alpha value is -0.480. The molecule has 0 spiro atoms. The molecule has 202 valence electrons. The second-order valence-corrected chi connectivity index (χ2v) is 17.2. The molecule has 0 unspecified atom stereocenters. The zero-order chi connectivity index (χ0) is 26.3. The van der Waals surface area contributed by atoms with Crippen LogP contribution in [0, 0.1) is 50.7 Å². The highest BCUT2D eigenvalue weighted by Gasteiger charge is 2.75. The van der Waals surface area contributed by atoms with Gasteiger partial charge in [-0.2, -0.15) is 0 Å². The van der Waals surface area contributed by atoms with Crippen LogP contribution in [0.4, 0.5) is 0 Å². The normalized spacial score (nSPS) is 54.1. The van der Waals surface area contributed by atoms with Crippen LogP contribution in [0.3, 0.4) is 0 Å². The molecule has 6 rings (SSSR count). The third-order valence-corrected chi connectivity index (χ3v) is 14.2. The molecule has 0 aromatic carbocycles. The smallest absolute Gasteiger partial charge is 0.312 e. The number of esters is 1. The lowest BCUT2D eigenvalue weighted by Gasteiger charge is -2.71. The lowest BCUT2D eigenvalue weighted by molar-refractivity contribution is -0.231. The number of hydrogen-bond donors (Lipinski definition) is 1. The number of alkyl halides is 2. The summed E-state index contributed by atoms with van der Waals surface area (Å²) < 4.78 is 4.85. The van der Waals surface area contributed by atoms with Crippen molar-refractivity contribution in [3.05, 3.63) is 0 Å². The highest BCUT2D eigenvalue weighted by Crippen LogP contribution is 2.77. The van der Waals surface area contributed by atoms with Crippen molar-refractivity contribution < 1.29 is 14.3 Å². The van der Waals surface area contributed by atoms with Crippen molar-refractivity contribution in [3.63, 3.8) is 0 Å². The molecule has 1 N–H and O–H groups in total. The fraction of sp³-hybridized carbons (Fsp3) is 0.933. The lowest BCUT2D eigenvalue weighted by Crippen LogP contribution is -2.67. The number of carbonyl (C=O) groups excluding carboxylic acids is 2. The molecule has 1 amide bonds. The summed E-state index contributed by atoms with van der Waals surface area (Å²) in [4.78, 5) is 26.5. The van der Waals surface area contributed by atoms with Gasteiger partial charge in [0.1, 0.15) is 6.10 Å². The summed E-state index contributed by atoms with van der Waals surface area (Å²) in [6.45, 7) is 16.4. The van der Waals surface area contributed by atoms with Gasteiger partial charge in [0.2, 0.25) is 0 Å². The van der Waals surface area contributed by atoms with E-state index >= 15 is 0 Å². The van der Waals surface area contributed by atoms with Gasteiger partial charge in [-0.05, 0) is 106 Å². The molecular formula is C30H45Cl2NO3. The third kappa shape index (κ3) is 2.90. The molecule has 6 heteroatoms. The Balaban J connectivity index is 1.44. The Labute approximate surface area is 227 Å². The molecule has 4 aliphatic carbocycles. The molecule has 4 nitrogen and oxygen atoms in total. The summed E-state index contributed by atoms with van der Waals surface area (Å²) in [6.07, 6.45) is 9.05. The fourth-order valence-corrected chi connectivity index (χ4v) is 12.3. The molecule has 0 aromatic rings. The van der Waals surface area contributed by atoms with Crippen LogP contribution in [0.15, 0.2) is 0 Å². The van der Waals surface area contributed by atoms with Crippen molar-refractivity contribution in [1.29, 1.82) is 0 Å². The van der Waals surface area contributed by atoms with E-state index in [0.29, 0.717) is 30.1 Å². The van der Waals surface area contributed by atoms with E-state index in [4.69, 9.17) is 27.9 Å². The van der Waals surface area contributed by atoms with Gasteiger partial charge in [0.15, 0.2) is 4.33 Å². The third-order valence-electron chi connectivity index (χ3n) is 13.6. The van der Waals surface area contributed by atoms with Crippen LogP contribution in [0.25, 0.3) is 0 Å². The highest BCUT2D eigenvalue weighted by molar-refractivity contribution is 6.58. The Morgan fingerprint density at radius 2 is 1.47 bits per heavy atom. The monoisotopic (exact) mass is 537 g/mol. The second-order valence-electron chi connectivity index (χ2n) is 15.7. The molecule has 2 aliphatic heterocycles. The Bertz CT molecular complexity index is 1020. The molecule has 2 bridgehead atoms. The van der Waals surface area contributed by atoms with E-state index in [0.717, 1.165) is 51.4 Å². The number of nitrogens with one attached hydrogen (secondary N) is 1. The number of fused-ring (bicyclic) bond motifs is 5. The number of rotatable bonds is 0. The van der Waals surface area contributed by atoms with Crippen LogP contribution >= 0.6 is 23.2 Å². The van der Waals surface area contributed by atoms with Crippen LogP contribution < -0.4 is 5.32 Å². The summed E-state index contributed by atoms with van der Waals surface area (Å²) in [6, 6.07) is 0. The van der Waals surface area contributed by atoms with E-state index in [1.807, 2.05) is 0 Å². The van der Waals surface area contributed by atoms with Gasteiger partial charge in [-0.15, -0.1) is 0 Å². The predicted molar refractivity (Wildman–Crippen MR) is 143 cm³/mol.